The number of nitrogens with zero attached hydrogens (tertiary/aromatic N) is 2. The number of hydrogen-bond donors (Lipinski definition) is 1. The third kappa shape index (κ3) is 7.40. The number of carbonyl (C=O) groups is 2. The number of rotatable bonds is 9. The first kappa shape index (κ1) is 29.7. The summed E-state index contributed by atoms with van der Waals surface area (Å²) < 4.78 is 27.0. The van der Waals surface area contributed by atoms with E-state index in [1.165, 1.54) is 4.90 Å². The third-order valence-corrected chi connectivity index (χ3v) is 7.80. The van der Waals surface area contributed by atoms with Gasteiger partial charge < -0.3 is 10.2 Å². The third-order valence-electron chi connectivity index (χ3n) is 5.94. The fourth-order valence-corrected chi connectivity index (χ4v) is 5.41. The van der Waals surface area contributed by atoms with Crippen LogP contribution in [0, 0.1) is 0 Å². The Morgan fingerprint density at radius 3 is 2.24 bits per heavy atom. The van der Waals surface area contributed by atoms with Gasteiger partial charge in [0.25, 0.3) is 0 Å². The van der Waals surface area contributed by atoms with E-state index in [0.717, 1.165) is 15.9 Å². The molecule has 38 heavy (non-hydrogen) atoms. The first-order valence-corrected chi connectivity index (χ1v) is 14.8. The molecule has 0 heterocycles. The topological polar surface area (TPSA) is 86.8 Å². The maximum Gasteiger partial charge on any atom is 0.244 e. The normalized spacial score (nSPS) is 12.7. The van der Waals surface area contributed by atoms with Gasteiger partial charge in [-0.2, -0.15) is 0 Å². The smallest absolute Gasteiger partial charge is 0.244 e. The largest absolute Gasteiger partial charge is 0.350 e. The zero-order valence-electron chi connectivity index (χ0n) is 22.2. The molecule has 10 heteroatoms. The van der Waals surface area contributed by atoms with Crippen LogP contribution in [0.4, 0.5) is 5.69 Å². The average molecular weight is 579 g/mol. The van der Waals surface area contributed by atoms with Crippen LogP contribution in [-0.4, -0.2) is 49.5 Å². The first-order valence-electron chi connectivity index (χ1n) is 12.2. The summed E-state index contributed by atoms with van der Waals surface area (Å²) in [7, 11) is -3.86. The zero-order valence-corrected chi connectivity index (χ0v) is 24.5. The molecule has 0 saturated carbocycles. The summed E-state index contributed by atoms with van der Waals surface area (Å²) in [6.07, 6.45) is 1.39. The molecule has 0 saturated heterocycles. The summed E-state index contributed by atoms with van der Waals surface area (Å²) in [6.45, 7) is 6.94. The van der Waals surface area contributed by atoms with Crippen molar-refractivity contribution in [3.63, 3.8) is 0 Å². The van der Waals surface area contributed by atoms with E-state index < -0.39 is 34.1 Å². The van der Waals surface area contributed by atoms with E-state index in [4.69, 9.17) is 23.2 Å². The van der Waals surface area contributed by atoms with Gasteiger partial charge in [-0.05, 0) is 56.3 Å². The molecule has 0 aliphatic rings. The van der Waals surface area contributed by atoms with Gasteiger partial charge in [0.1, 0.15) is 12.6 Å². The summed E-state index contributed by atoms with van der Waals surface area (Å²) in [5, 5.41) is 5.16. The highest BCUT2D eigenvalue weighted by Crippen LogP contribution is 2.29. The van der Waals surface area contributed by atoms with Crippen molar-refractivity contribution in [3.8, 4) is 0 Å². The van der Waals surface area contributed by atoms with E-state index in [1.54, 1.807) is 37.3 Å². The summed E-state index contributed by atoms with van der Waals surface area (Å²) in [5.41, 5.74) is 0.524. The van der Waals surface area contributed by atoms with Gasteiger partial charge in [0.15, 0.2) is 0 Å². The Balaban J connectivity index is 2.05. The Bertz CT molecular complexity index is 1430. The molecule has 1 atom stereocenters. The first-order chi connectivity index (χ1) is 17.7. The van der Waals surface area contributed by atoms with Crippen LogP contribution in [0.5, 0.6) is 0 Å². The van der Waals surface area contributed by atoms with Crippen molar-refractivity contribution >= 4 is 61.5 Å². The molecule has 0 aliphatic carbocycles. The molecule has 204 valence electrons. The zero-order chi connectivity index (χ0) is 28.3. The lowest BCUT2D eigenvalue weighted by Crippen LogP contribution is -2.55. The fourth-order valence-electron chi connectivity index (χ4n) is 4.23. The minimum absolute atomic E-state index is 0.0406. The van der Waals surface area contributed by atoms with Gasteiger partial charge >= 0.3 is 0 Å². The highest BCUT2D eigenvalue weighted by molar-refractivity contribution is 7.92. The second-order valence-electron chi connectivity index (χ2n) is 10.2. The van der Waals surface area contributed by atoms with Gasteiger partial charge in [-0.25, -0.2) is 8.42 Å². The predicted molar refractivity (Wildman–Crippen MR) is 155 cm³/mol. The van der Waals surface area contributed by atoms with Crippen molar-refractivity contribution in [2.24, 2.45) is 0 Å². The van der Waals surface area contributed by atoms with Crippen molar-refractivity contribution in [2.75, 3.05) is 17.1 Å². The molecule has 2 amide bonds. The Morgan fingerprint density at radius 1 is 0.974 bits per heavy atom. The van der Waals surface area contributed by atoms with Gasteiger partial charge in [-0.15, -0.1) is 0 Å². The highest BCUT2D eigenvalue weighted by atomic mass is 35.5. The molecule has 0 radical (unpaired) electrons. The van der Waals surface area contributed by atoms with Crippen LogP contribution >= 0.6 is 23.2 Å². The van der Waals surface area contributed by atoms with E-state index in [0.29, 0.717) is 33.1 Å². The average Bonchev–Trinajstić information content (AvgIpc) is 2.82. The Morgan fingerprint density at radius 2 is 1.63 bits per heavy atom. The SMILES string of the molecule is CCC(C(=O)NC(C)(C)C)N(Cc1ccc(Cl)c(Cl)c1)C(=O)CN(c1cccc2ccccc12)S(C)(=O)=O. The van der Waals surface area contributed by atoms with Crippen molar-refractivity contribution in [1.82, 2.24) is 10.2 Å². The van der Waals surface area contributed by atoms with Crippen LogP contribution in [-0.2, 0) is 26.2 Å². The number of nitrogens with one attached hydrogen (secondary N) is 1. The molecular formula is C28H33Cl2N3O4S. The minimum atomic E-state index is -3.86. The van der Waals surface area contributed by atoms with Crippen LogP contribution < -0.4 is 9.62 Å². The molecule has 0 aliphatic heterocycles. The number of hydrogen-bond acceptors (Lipinski definition) is 4. The lowest BCUT2D eigenvalue weighted by molar-refractivity contribution is -0.141. The second kappa shape index (κ2) is 11.9. The lowest BCUT2D eigenvalue weighted by Gasteiger charge is -2.34. The maximum atomic E-state index is 13.9. The van der Waals surface area contributed by atoms with Crippen LogP contribution in [0.25, 0.3) is 10.8 Å². The number of amides is 2. The Hall–Kier alpha value is -2.81. The molecule has 0 aromatic heterocycles. The Labute approximate surface area is 234 Å². The minimum Gasteiger partial charge on any atom is -0.350 e. The van der Waals surface area contributed by atoms with Crippen molar-refractivity contribution in [1.29, 1.82) is 0 Å². The number of halogens is 2. The van der Waals surface area contributed by atoms with Gasteiger partial charge in [0.05, 0.1) is 22.0 Å². The quantitative estimate of drug-likeness (QED) is 0.357. The molecular weight excluding hydrogens is 545 g/mol. The standard InChI is InChI=1S/C28H33Cl2N3O4S/c1-6-24(27(35)31-28(2,3)4)32(17-19-14-15-22(29)23(30)16-19)26(34)18-33(38(5,36)37)25-13-9-11-20-10-7-8-12-21(20)25/h7-16,24H,6,17-18H2,1-5H3,(H,31,35). The maximum absolute atomic E-state index is 13.9. The molecule has 1 unspecified atom stereocenters. The summed E-state index contributed by atoms with van der Waals surface area (Å²) >= 11 is 12.3. The molecule has 0 fully saturated rings. The number of sulfonamides is 1. The predicted octanol–water partition coefficient (Wildman–Crippen LogP) is 5.63. The lowest BCUT2D eigenvalue weighted by atomic mass is 10.1. The molecule has 3 aromatic rings. The van der Waals surface area contributed by atoms with E-state index in [2.05, 4.69) is 5.32 Å². The molecule has 3 aromatic carbocycles. The van der Waals surface area contributed by atoms with Crippen LogP contribution in [0.3, 0.4) is 0 Å². The van der Waals surface area contributed by atoms with Crippen molar-refractivity contribution < 1.29 is 18.0 Å². The van der Waals surface area contributed by atoms with Crippen molar-refractivity contribution in [3.05, 3.63) is 76.3 Å². The van der Waals surface area contributed by atoms with Gasteiger partial charge in [-0.3, -0.25) is 13.9 Å². The van der Waals surface area contributed by atoms with Crippen LogP contribution in [0.15, 0.2) is 60.7 Å². The van der Waals surface area contributed by atoms with Crippen LogP contribution in [0.2, 0.25) is 10.0 Å². The van der Waals surface area contributed by atoms with Crippen molar-refractivity contribution in [2.45, 2.75) is 52.2 Å². The van der Waals surface area contributed by atoms with Gasteiger partial charge in [0, 0.05) is 17.5 Å². The van der Waals surface area contributed by atoms with Gasteiger partial charge in [-0.1, -0.05) is 72.6 Å². The summed E-state index contributed by atoms with van der Waals surface area (Å²) in [6, 6.07) is 16.8. The fraction of sp³-hybridized carbons (Fsp3) is 0.357. The molecule has 3 rings (SSSR count). The number of anilines is 1. The number of carbonyl (C=O) groups excluding carboxylic acids is 2. The molecule has 0 bridgehead atoms. The number of benzene rings is 3. The number of fused-ring (bicyclic) bond motifs is 1. The van der Waals surface area contributed by atoms with E-state index in [-0.39, 0.29) is 12.5 Å². The monoisotopic (exact) mass is 577 g/mol. The van der Waals surface area contributed by atoms with E-state index in [1.807, 2.05) is 51.1 Å². The summed E-state index contributed by atoms with van der Waals surface area (Å²) in [4.78, 5) is 28.6. The highest BCUT2D eigenvalue weighted by Gasteiger charge is 2.33. The van der Waals surface area contributed by atoms with Gasteiger partial charge in [0.2, 0.25) is 21.8 Å². The van der Waals surface area contributed by atoms with E-state index >= 15 is 0 Å². The van der Waals surface area contributed by atoms with E-state index in [9.17, 15) is 18.0 Å². The molecule has 7 nitrogen and oxygen atoms in total. The summed E-state index contributed by atoms with van der Waals surface area (Å²) in [5.74, 6) is -0.852. The molecule has 0 spiro atoms. The Kier molecular flexibility index (Phi) is 9.34. The molecule has 1 N–H and O–H groups in total. The second-order valence-corrected chi connectivity index (χ2v) is 12.9. The van der Waals surface area contributed by atoms with Crippen LogP contribution in [0.1, 0.15) is 39.7 Å².